The first-order valence-electron chi connectivity index (χ1n) is 9.91. The van der Waals surface area contributed by atoms with E-state index in [9.17, 15) is 0 Å². The maximum Gasteiger partial charge on any atom is -0.00258 e. The molecular formula is C28H44. The van der Waals surface area contributed by atoms with Gasteiger partial charge in [-0.15, -0.1) is 0 Å². The Balaban J connectivity index is -0.000000363. The van der Waals surface area contributed by atoms with E-state index in [1.54, 1.807) is 0 Å². The number of rotatable bonds is 3. The molecule has 3 aromatic carbocycles. The van der Waals surface area contributed by atoms with Crippen LogP contribution in [0.5, 0.6) is 0 Å². The Hall–Kier alpha value is -2.34. The molecule has 0 nitrogen and oxygen atoms in total. The maximum atomic E-state index is 2.16. The van der Waals surface area contributed by atoms with Gasteiger partial charge in [-0.05, 0) is 29.5 Å². The van der Waals surface area contributed by atoms with E-state index in [0.29, 0.717) is 0 Å². The van der Waals surface area contributed by atoms with Crippen molar-refractivity contribution in [2.75, 3.05) is 0 Å². The smallest absolute Gasteiger partial charge is 0.00258 e. The lowest BCUT2D eigenvalue weighted by molar-refractivity contribution is 1.09. The van der Waals surface area contributed by atoms with Crippen LogP contribution in [0, 0.1) is 0 Å². The number of benzene rings is 3. The van der Waals surface area contributed by atoms with Crippen LogP contribution in [0.4, 0.5) is 0 Å². The van der Waals surface area contributed by atoms with E-state index in [1.807, 2.05) is 19.9 Å². The summed E-state index contributed by atoms with van der Waals surface area (Å²) >= 11 is 0. The summed E-state index contributed by atoms with van der Waals surface area (Å²) in [7, 11) is 0. The molecule has 0 unspecified atom stereocenters. The van der Waals surface area contributed by atoms with Crippen molar-refractivity contribution in [3.8, 4) is 0 Å². The van der Waals surface area contributed by atoms with Crippen LogP contribution in [0.3, 0.4) is 0 Å². The molecule has 156 valence electrons. The van der Waals surface area contributed by atoms with E-state index in [4.69, 9.17) is 0 Å². The highest BCUT2D eigenvalue weighted by molar-refractivity contribution is 5.25. The van der Waals surface area contributed by atoms with Crippen LogP contribution in [0.2, 0.25) is 0 Å². The van der Waals surface area contributed by atoms with Gasteiger partial charge in [0.05, 0.1) is 0 Å². The second-order valence-corrected chi connectivity index (χ2v) is 5.69. The molecule has 0 N–H and O–H groups in total. The van der Waals surface area contributed by atoms with Crippen molar-refractivity contribution in [3.05, 3.63) is 108 Å². The Morgan fingerprint density at radius 1 is 0.464 bits per heavy atom. The molecule has 3 rings (SSSR count). The van der Waals surface area contributed by atoms with Gasteiger partial charge in [0.1, 0.15) is 0 Å². The molecule has 0 atom stereocenters. The predicted molar refractivity (Wildman–Crippen MR) is 132 cm³/mol. The molecule has 0 heterocycles. The molecular weight excluding hydrogens is 336 g/mol. The van der Waals surface area contributed by atoms with Gasteiger partial charge in [0.25, 0.3) is 0 Å². The minimum absolute atomic E-state index is 0. The Bertz CT molecular complexity index is 574. The lowest BCUT2D eigenvalue weighted by Crippen LogP contribution is -1.85. The number of hydrogen-bond donors (Lipinski definition) is 0. The Morgan fingerprint density at radius 2 is 0.714 bits per heavy atom. The van der Waals surface area contributed by atoms with Crippen molar-refractivity contribution < 1.29 is 0 Å². The quantitative estimate of drug-likeness (QED) is 0.424. The zero-order valence-electron chi connectivity index (χ0n) is 17.3. The third kappa shape index (κ3) is 15.9. The highest BCUT2D eigenvalue weighted by Gasteiger charge is 1.92. The van der Waals surface area contributed by atoms with Crippen molar-refractivity contribution in [1.82, 2.24) is 0 Å². The van der Waals surface area contributed by atoms with Crippen molar-refractivity contribution in [2.24, 2.45) is 0 Å². The van der Waals surface area contributed by atoms with Gasteiger partial charge < -0.3 is 0 Å². The van der Waals surface area contributed by atoms with E-state index >= 15 is 0 Å². The fraction of sp³-hybridized carbons (Fsp3) is 0.357. The van der Waals surface area contributed by atoms with Crippen LogP contribution in [-0.2, 0) is 12.8 Å². The molecule has 3 aromatic rings. The molecule has 0 saturated heterocycles. The first-order chi connectivity index (χ1) is 12.8. The lowest BCUT2D eigenvalue weighted by Gasteiger charge is -2.00. The second kappa shape index (κ2) is 22.7. The molecule has 0 bridgehead atoms. The summed E-state index contributed by atoms with van der Waals surface area (Å²) in [5.74, 6) is 0. The van der Waals surface area contributed by atoms with Gasteiger partial charge in [-0.1, -0.05) is 147 Å². The zero-order chi connectivity index (χ0) is 19.5. The predicted octanol–water partition coefficient (Wildman–Crippen LogP) is 9.24. The summed E-state index contributed by atoms with van der Waals surface area (Å²) < 4.78 is 0. The molecule has 0 amide bonds. The highest BCUT2D eigenvalue weighted by atomic mass is 14.0. The SMILES string of the molecule is C.C.CC.CCC.CCc1ccccc1.c1ccc(Cc2ccccc2)cc1. The monoisotopic (exact) mass is 380 g/mol. The van der Waals surface area contributed by atoms with Crippen LogP contribution in [0.25, 0.3) is 0 Å². The van der Waals surface area contributed by atoms with E-state index in [-0.39, 0.29) is 14.9 Å². The average Bonchev–Trinajstić information content (AvgIpc) is 2.73. The van der Waals surface area contributed by atoms with E-state index in [2.05, 4.69) is 106 Å². The minimum Gasteiger partial charge on any atom is -0.0776 e. The van der Waals surface area contributed by atoms with Gasteiger partial charge in [0.2, 0.25) is 0 Å². The minimum atomic E-state index is 0. The molecule has 0 aliphatic heterocycles. The molecule has 0 spiro atoms. The second-order valence-electron chi connectivity index (χ2n) is 5.69. The van der Waals surface area contributed by atoms with E-state index < -0.39 is 0 Å². The van der Waals surface area contributed by atoms with Crippen molar-refractivity contribution in [2.45, 2.75) is 68.7 Å². The van der Waals surface area contributed by atoms with Gasteiger partial charge in [0, 0.05) is 0 Å². The van der Waals surface area contributed by atoms with E-state index in [0.717, 1.165) is 12.8 Å². The molecule has 0 saturated carbocycles. The Kier molecular flexibility index (Phi) is 24.6. The summed E-state index contributed by atoms with van der Waals surface area (Å²) in [6.07, 6.45) is 3.42. The van der Waals surface area contributed by atoms with Gasteiger partial charge in [-0.2, -0.15) is 0 Å². The fourth-order valence-electron chi connectivity index (χ4n) is 2.14. The van der Waals surface area contributed by atoms with Crippen molar-refractivity contribution >= 4 is 0 Å². The topological polar surface area (TPSA) is 0 Å². The number of hydrogen-bond acceptors (Lipinski definition) is 0. The average molecular weight is 381 g/mol. The van der Waals surface area contributed by atoms with E-state index in [1.165, 1.54) is 23.1 Å². The summed E-state index contributed by atoms with van der Waals surface area (Å²) in [6, 6.07) is 31.5. The third-order valence-electron chi connectivity index (χ3n) is 3.34. The summed E-state index contributed by atoms with van der Waals surface area (Å²) in [4.78, 5) is 0. The molecule has 0 aliphatic carbocycles. The van der Waals surface area contributed by atoms with Gasteiger partial charge >= 0.3 is 0 Å². The standard InChI is InChI=1S/C13H12.C8H10.C3H8.C2H6.2CH4/c1-3-7-12(8-4-1)11-13-9-5-2-6-10-13;1-2-8-6-4-3-5-7-8;1-3-2;1-2;;/h1-10H,11H2;3-7H,2H2,1H3;3H2,1-2H3;1-2H3;2*1H4. The fourth-order valence-corrected chi connectivity index (χ4v) is 2.14. The van der Waals surface area contributed by atoms with Crippen LogP contribution >= 0.6 is 0 Å². The van der Waals surface area contributed by atoms with Crippen LogP contribution < -0.4 is 0 Å². The Morgan fingerprint density at radius 3 is 0.929 bits per heavy atom. The van der Waals surface area contributed by atoms with Crippen LogP contribution in [-0.4, -0.2) is 0 Å². The first kappa shape index (κ1) is 30.4. The molecule has 28 heavy (non-hydrogen) atoms. The van der Waals surface area contributed by atoms with Crippen molar-refractivity contribution in [1.29, 1.82) is 0 Å². The summed E-state index contributed by atoms with van der Waals surface area (Å²) in [6.45, 7) is 10.4. The molecule has 0 radical (unpaired) electrons. The molecule has 0 aliphatic rings. The van der Waals surface area contributed by atoms with Crippen LogP contribution in [0.15, 0.2) is 91.0 Å². The van der Waals surface area contributed by atoms with Crippen LogP contribution in [0.1, 0.15) is 72.6 Å². The Labute approximate surface area is 176 Å². The molecule has 0 fully saturated rings. The maximum absolute atomic E-state index is 2.16. The van der Waals surface area contributed by atoms with Gasteiger partial charge in [0.15, 0.2) is 0 Å². The summed E-state index contributed by atoms with van der Waals surface area (Å²) in [5.41, 5.74) is 4.15. The molecule has 0 heteroatoms. The normalized spacial score (nSPS) is 8.04. The third-order valence-corrected chi connectivity index (χ3v) is 3.34. The highest BCUT2D eigenvalue weighted by Crippen LogP contribution is 2.07. The number of aryl methyl sites for hydroxylation is 1. The lowest BCUT2D eigenvalue weighted by atomic mass is 10.1. The first-order valence-corrected chi connectivity index (χ1v) is 9.91. The largest absolute Gasteiger partial charge is 0.0776 e. The van der Waals surface area contributed by atoms with Crippen molar-refractivity contribution in [3.63, 3.8) is 0 Å². The molecule has 0 aromatic heterocycles. The summed E-state index contributed by atoms with van der Waals surface area (Å²) in [5, 5.41) is 0. The van der Waals surface area contributed by atoms with Gasteiger partial charge in [-0.25, -0.2) is 0 Å². The van der Waals surface area contributed by atoms with Gasteiger partial charge in [-0.3, -0.25) is 0 Å². The zero-order valence-corrected chi connectivity index (χ0v) is 17.3.